The van der Waals surface area contributed by atoms with Gasteiger partial charge in [0.05, 0.1) is 5.92 Å². The fourth-order valence-corrected chi connectivity index (χ4v) is 5.71. The minimum atomic E-state index is -0.147. The summed E-state index contributed by atoms with van der Waals surface area (Å²) in [7, 11) is 0. The first-order valence-electron chi connectivity index (χ1n) is 12.6. The van der Waals surface area contributed by atoms with E-state index in [9.17, 15) is 14.4 Å². The highest BCUT2D eigenvalue weighted by Crippen LogP contribution is 2.23. The number of hydrogen-bond donors (Lipinski definition) is 2. The minimum absolute atomic E-state index is 0.0430. The number of benzene rings is 1. The fraction of sp³-hybridized carbons (Fsp3) is 0.519. The molecule has 1 saturated carbocycles. The van der Waals surface area contributed by atoms with Crippen LogP contribution in [0.1, 0.15) is 73.0 Å². The van der Waals surface area contributed by atoms with Crippen molar-refractivity contribution in [2.45, 2.75) is 70.3 Å². The molecule has 1 unspecified atom stereocenters. The zero-order valence-electron chi connectivity index (χ0n) is 19.8. The number of carbonyl (C=O) groups excluding carboxylic acids is 3. The van der Waals surface area contributed by atoms with Gasteiger partial charge in [0.25, 0.3) is 5.91 Å². The van der Waals surface area contributed by atoms with Crippen LogP contribution in [0.4, 0.5) is 5.69 Å². The molecule has 7 heteroatoms. The van der Waals surface area contributed by atoms with Crippen LogP contribution in [-0.4, -0.2) is 41.8 Å². The normalized spacial score (nSPS) is 18.9. The quantitative estimate of drug-likeness (QED) is 0.556. The van der Waals surface area contributed by atoms with E-state index in [0.717, 1.165) is 38.5 Å². The molecule has 0 bridgehead atoms. The molecule has 182 valence electrons. The number of hydrogen-bond acceptors (Lipinski definition) is 4. The molecule has 2 aliphatic rings. The van der Waals surface area contributed by atoms with Crippen LogP contribution in [0.25, 0.3) is 0 Å². The number of thiophene rings is 1. The highest BCUT2D eigenvalue weighted by atomic mass is 32.1. The SMILES string of the molecule is O=C(CCCc1cccs1)Nc1cccc(C(=O)N2CCCC(C(=O)NC3CCCCC3)C2)c1. The van der Waals surface area contributed by atoms with E-state index in [-0.39, 0.29) is 29.7 Å². The topological polar surface area (TPSA) is 78.5 Å². The molecular formula is C27H35N3O3S. The fourth-order valence-electron chi connectivity index (χ4n) is 4.96. The van der Waals surface area contributed by atoms with Crippen molar-refractivity contribution < 1.29 is 14.4 Å². The zero-order valence-corrected chi connectivity index (χ0v) is 20.6. The highest BCUT2D eigenvalue weighted by Gasteiger charge is 2.30. The van der Waals surface area contributed by atoms with Gasteiger partial charge in [-0.25, -0.2) is 0 Å². The third kappa shape index (κ3) is 6.92. The molecular weight excluding hydrogens is 446 g/mol. The molecule has 2 N–H and O–H groups in total. The number of carbonyl (C=O) groups is 3. The number of anilines is 1. The van der Waals surface area contributed by atoms with Crippen LogP contribution >= 0.6 is 11.3 Å². The van der Waals surface area contributed by atoms with Gasteiger partial charge in [-0.2, -0.15) is 0 Å². The summed E-state index contributed by atoms with van der Waals surface area (Å²) >= 11 is 1.71. The van der Waals surface area contributed by atoms with Crippen molar-refractivity contribution >= 4 is 34.7 Å². The van der Waals surface area contributed by atoms with Gasteiger partial charge in [0, 0.05) is 41.7 Å². The van der Waals surface area contributed by atoms with Gasteiger partial charge in [-0.1, -0.05) is 31.4 Å². The average Bonchev–Trinajstić information content (AvgIpc) is 3.38. The monoisotopic (exact) mass is 481 g/mol. The Kier molecular flexibility index (Phi) is 8.74. The van der Waals surface area contributed by atoms with Crippen molar-refractivity contribution in [2.75, 3.05) is 18.4 Å². The van der Waals surface area contributed by atoms with Crippen LogP contribution in [0.2, 0.25) is 0 Å². The molecule has 1 aromatic carbocycles. The van der Waals surface area contributed by atoms with Crippen LogP contribution in [0.5, 0.6) is 0 Å². The second-order valence-electron chi connectivity index (χ2n) is 9.50. The first-order chi connectivity index (χ1) is 16.6. The van der Waals surface area contributed by atoms with Crippen molar-refractivity contribution in [3.63, 3.8) is 0 Å². The molecule has 34 heavy (non-hydrogen) atoms. The molecule has 0 spiro atoms. The highest BCUT2D eigenvalue weighted by molar-refractivity contribution is 7.09. The van der Waals surface area contributed by atoms with E-state index in [4.69, 9.17) is 0 Å². The summed E-state index contributed by atoms with van der Waals surface area (Å²) in [6.45, 7) is 1.11. The zero-order chi connectivity index (χ0) is 23.8. The molecule has 0 radical (unpaired) electrons. The van der Waals surface area contributed by atoms with Crippen LogP contribution in [0.15, 0.2) is 41.8 Å². The molecule has 2 heterocycles. The Balaban J connectivity index is 1.28. The molecule has 1 aromatic heterocycles. The van der Waals surface area contributed by atoms with Crippen molar-refractivity contribution in [1.29, 1.82) is 0 Å². The number of aryl methyl sites for hydroxylation is 1. The van der Waals surface area contributed by atoms with Crippen molar-refractivity contribution in [1.82, 2.24) is 10.2 Å². The average molecular weight is 482 g/mol. The van der Waals surface area contributed by atoms with E-state index in [1.165, 1.54) is 24.1 Å². The number of nitrogens with one attached hydrogen (secondary N) is 2. The van der Waals surface area contributed by atoms with E-state index >= 15 is 0 Å². The summed E-state index contributed by atoms with van der Waals surface area (Å²) in [5.74, 6) is -0.179. The van der Waals surface area contributed by atoms with Crippen molar-refractivity contribution in [3.8, 4) is 0 Å². The predicted octanol–water partition coefficient (Wildman–Crippen LogP) is 5.01. The summed E-state index contributed by atoms with van der Waals surface area (Å²) in [5, 5.41) is 8.19. The Labute approximate surface area is 206 Å². The largest absolute Gasteiger partial charge is 0.353 e. The number of rotatable bonds is 8. The molecule has 4 rings (SSSR count). The van der Waals surface area contributed by atoms with Crippen molar-refractivity contribution in [3.05, 3.63) is 52.2 Å². The van der Waals surface area contributed by atoms with E-state index < -0.39 is 0 Å². The first-order valence-corrected chi connectivity index (χ1v) is 13.5. The summed E-state index contributed by atoms with van der Waals surface area (Å²) in [6.07, 6.45) is 9.54. The number of amides is 3. The Morgan fingerprint density at radius 3 is 2.65 bits per heavy atom. The van der Waals surface area contributed by atoms with E-state index in [0.29, 0.717) is 30.8 Å². The van der Waals surface area contributed by atoms with E-state index in [1.54, 1.807) is 34.4 Å². The summed E-state index contributed by atoms with van der Waals surface area (Å²) < 4.78 is 0. The predicted molar refractivity (Wildman–Crippen MR) is 136 cm³/mol. The smallest absolute Gasteiger partial charge is 0.253 e. The summed E-state index contributed by atoms with van der Waals surface area (Å²) in [4.78, 5) is 41.4. The second kappa shape index (κ2) is 12.2. The standard InChI is InChI=1S/C27H35N3O3S/c31-25(15-5-13-24-14-7-17-34-24)28-23-12-4-8-20(18-23)27(33)30-16-6-9-21(19-30)26(32)29-22-10-2-1-3-11-22/h4,7-8,12,14,17-18,21-22H,1-3,5-6,9-11,13,15-16,19H2,(H,28,31)(H,29,32). The van der Waals surface area contributed by atoms with Crippen LogP contribution < -0.4 is 10.6 Å². The van der Waals surface area contributed by atoms with Crippen LogP contribution in [-0.2, 0) is 16.0 Å². The lowest BCUT2D eigenvalue weighted by Gasteiger charge is -2.33. The maximum atomic E-state index is 13.2. The van der Waals surface area contributed by atoms with Crippen LogP contribution in [0.3, 0.4) is 0 Å². The second-order valence-corrected chi connectivity index (χ2v) is 10.5. The Morgan fingerprint density at radius 1 is 1.00 bits per heavy atom. The van der Waals surface area contributed by atoms with Gasteiger partial charge in [-0.15, -0.1) is 11.3 Å². The minimum Gasteiger partial charge on any atom is -0.353 e. The molecule has 1 aliphatic heterocycles. The molecule has 3 amide bonds. The molecule has 1 atom stereocenters. The molecule has 1 aliphatic carbocycles. The summed E-state index contributed by atoms with van der Waals surface area (Å²) in [5.41, 5.74) is 1.18. The maximum Gasteiger partial charge on any atom is 0.253 e. The maximum absolute atomic E-state index is 13.2. The number of piperidine rings is 1. The Bertz CT molecular complexity index is 969. The lowest BCUT2D eigenvalue weighted by atomic mass is 9.92. The first kappa shape index (κ1) is 24.5. The number of likely N-dealkylation sites (tertiary alicyclic amines) is 1. The van der Waals surface area contributed by atoms with E-state index in [1.807, 2.05) is 17.5 Å². The van der Waals surface area contributed by atoms with Gasteiger partial charge in [0.1, 0.15) is 0 Å². The van der Waals surface area contributed by atoms with Gasteiger partial charge >= 0.3 is 0 Å². The third-order valence-corrected chi connectivity index (χ3v) is 7.77. The van der Waals surface area contributed by atoms with Gasteiger partial charge in [-0.05, 0) is 68.2 Å². The van der Waals surface area contributed by atoms with Gasteiger partial charge < -0.3 is 15.5 Å². The van der Waals surface area contributed by atoms with E-state index in [2.05, 4.69) is 16.7 Å². The van der Waals surface area contributed by atoms with Gasteiger partial charge in [0.15, 0.2) is 0 Å². The Hall–Kier alpha value is -2.67. The Morgan fingerprint density at radius 2 is 1.85 bits per heavy atom. The molecule has 6 nitrogen and oxygen atoms in total. The molecule has 2 fully saturated rings. The molecule has 1 saturated heterocycles. The van der Waals surface area contributed by atoms with Crippen LogP contribution in [0, 0.1) is 5.92 Å². The van der Waals surface area contributed by atoms with Crippen molar-refractivity contribution in [2.24, 2.45) is 5.92 Å². The van der Waals surface area contributed by atoms with Gasteiger partial charge in [0.2, 0.25) is 11.8 Å². The summed E-state index contributed by atoms with van der Waals surface area (Å²) in [6, 6.07) is 11.5. The molecule has 2 aromatic rings. The third-order valence-electron chi connectivity index (χ3n) is 6.83. The number of nitrogens with zero attached hydrogens (tertiary/aromatic N) is 1. The lowest BCUT2D eigenvalue weighted by molar-refractivity contribution is -0.127. The van der Waals surface area contributed by atoms with Gasteiger partial charge in [-0.3, -0.25) is 14.4 Å². The lowest BCUT2D eigenvalue weighted by Crippen LogP contribution is -2.47.